The Morgan fingerprint density at radius 1 is 0.269 bits per heavy atom. The normalized spacial score (nSPS) is 13.1. The Hall–Kier alpha value is -4.71. The van der Waals surface area contributed by atoms with Crippen LogP contribution in [0, 0.1) is 0 Å². The van der Waals surface area contributed by atoms with Crippen LogP contribution in [-0.4, -0.2) is 37.2 Å². The molecule has 78 heavy (non-hydrogen) atoms. The van der Waals surface area contributed by atoms with E-state index in [0.29, 0.717) is 19.3 Å². The molecular weight excluding hydrogens is 961 g/mol. The van der Waals surface area contributed by atoms with Crippen molar-refractivity contribution in [1.29, 1.82) is 0 Å². The molecule has 0 N–H and O–H groups in total. The van der Waals surface area contributed by atoms with Crippen molar-refractivity contribution in [1.82, 2.24) is 0 Å². The van der Waals surface area contributed by atoms with Crippen molar-refractivity contribution in [2.75, 3.05) is 13.2 Å². The van der Waals surface area contributed by atoms with Crippen LogP contribution >= 0.6 is 0 Å². The molecule has 0 aromatic carbocycles. The summed E-state index contributed by atoms with van der Waals surface area (Å²) in [6.07, 6.45) is 92.7. The number of rotatable bonds is 56. The summed E-state index contributed by atoms with van der Waals surface area (Å²) in [5.74, 6) is -0.969. The van der Waals surface area contributed by atoms with Gasteiger partial charge in [0, 0.05) is 19.3 Å². The van der Waals surface area contributed by atoms with Crippen LogP contribution in [0.15, 0.2) is 146 Å². The predicted molar refractivity (Wildman–Crippen MR) is 339 cm³/mol. The summed E-state index contributed by atoms with van der Waals surface area (Å²) in [7, 11) is 0. The standard InChI is InChI=1S/C72H116O6/c1-4-7-10-13-16-19-22-25-28-31-33-35-36-38-39-41-44-47-50-53-56-59-62-65-71(74)77-68-69(67-76-70(73)64-61-58-55-52-49-46-43-30-27-24-21-18-15-12-9-6-3)78-72(75)66-63-60-57-54-51-48-45-42-40-37-34-32-29-26-23-20-17-14-11-8-5-2/h7-8,10-11,16-17,19-21,24-26,28-30,33-35,37,42-43,45,51,54,69H,4-6,9,12-15,18,22-23,27,31-32,36,38-41,44,46-50,52-53,55-68H2,1-3H3/b10-7-,11-8-,19-16-,20-17-,24-21-,28-25-,29-26-,35-33-,37-34-,43-30-,45-42-,54-51-. The Balaban J connectivity index is 4.50. The second-order valence-corrected chi connectivity index (χ2v) is 20.5. The maximum atomic E-state index is 12.9. The molecule has 1 unspecified atom stereocenters. The van der Waals surface area contributed by atoms with Gasteiger partial charge >= 0.3 is 17.9 Å². The van der Waals surface area contributed by atoms with Crippen molar-refractivity contribution in [3.8, 4) is 0 Å². The Kier molecular flexibility index (Phi) is 60.9. The van der Waals surface area contributed by atoms with Crippen molar-refractivity contribution >= 4 is 17.9 Å². The molecular formula is C72H116O6. The Bertz CT molecular complexity index is 1710. The first kappa shape index (κ1) is 73.3. The number of carbonyl (C=O) groups is 3. The zero-order valence-electron chi connectivity index (χ0n) is 50.4. The van der Waals surface area contributed by atoms with Gasteiger partial charge in [0.05, 0.1) is 0 Å². The lowest BCUT2D eigenvalue weighted by Crippen LogP contribution is -2.30. The minimum Gasteiger partial charge on any atom is -0.462 e. The smallest absolute Gasteiger partial charge is 0.306 e. The van der Waals surface area contributed by atoms with Crippen molar-refractivity contribution in [3.63, 3.8) is 0 Å². The van der Waals surface area contributed by atoms with Crippen LogP contribution in [0.4, 0.5) is 0 Å². The topological polar surface area (TPSA) is 78.9 Å². The molecule has 0 fully saturated rings. The first-order valence-corrected chi connectivity index (χ1v) is 31.8. The SMILES string of the molecule is CC/C=C\C/C=C\C/C=C\C/C=C\C/C=C\C/C=C\CCCCC(=O)OC(COC(=O)CCCCCCC/C=C\C/C=C\CCCCCC)COC(=O)CCCCCCCCCCCC/C=C\C/C=C\C/C=C\C/C=C\CC. The van der Waals surface area contributed by atoms with Crippen molar-refractivity contribution in [2.45, 2.75) is 277 Å². The average molecular weight is 1080 g/mol. The fraction of sp³-hybridized carbons (Fsp3) is 0.625. The van der Waals surface area contributed by atoms with Crippen LogP contribution < -0.4 is 0 Å². The van der Waals surface area contributed by atoms with E-state index in [9.17, 15) is 14.4 Å². The lowest BCUT2D eigenvalue weighted by Gasteiger charge is -2.18. The molecule has 0 rings (SSSR count). The van der Waals surface area contributed by atoms with Crippen LogP contribution in [0.2, 0.25) is 0 Å². The highest BCUT2D eigenvalue weighted by Gasteiger charge is 2.19. The summed E-state index contributed by atoms with van der Waals surface area (Å²) in [6, 6.07) is 0. The molecule has 0 aromatic rings. The second-order valence-electron chi connectivity index (χ2n) is 20.5. The van der Waals surface area contributed by atoms with E-state index in [1.165, 1.54) is 83.5 Å². The lowest BCUT2D eigenvalue weighted by molar-refractivity contribution is -0.167. The van der Waals surface area contributed by atoms with Gasteiger partial charge in [-0.05, 0) is 141 Å². The molecule has 0 radical (unpaired) electrons. The van der Waals surface area contributed by atoms with Gasteiger partial charge in [0.15, 0.2) is 6.10 Å². The van der Waals surface area contributed by atoms with Gasteiger partial charge in [0.25, 0.3) is 0 Å². The number of hydrogen-bond acceptors (Lipinski definition) is 6. The number of carbonyl (C=O) groups excluding carboxylic acids is 3. The molecule has 0 saturated carbocycles. The van der Waals surface area contributed by atoms with Gasteiger partial charge in [-0.25, -0.2) is 0 Å². The quantitative estimate of drug-likeness (QED) is 0.0261. The third kappa shape index (κ3) is 62.1. The van der Waals surface area contributed by atoms with Crippen LogP contribution in [-0.2, 0) is 28.6 Å². The third-order valence-corrected chi connectivity index (χ3v) is 13.1. The van der Waals surface area contributed by atoms with Gasteiger partial charge in [-0.15, -0.1) is 0 Å². The van der Waals surface area contributed by atoms with Crippen LogP contribution in [0.1, 0.15) is 271 Å². The van der Waals surface area contributed by atoms with E-state index in [4.69, 9.17) is 14.2 Å². The van der Waals surface area contributed by atoms with Gasteiger partial charge in [-0.1, -0.05) is 256 Å². The molecule has 6 nitrogen and oxygen atoms in total. The third-order valence-electron chi connectivity index (χ3n) is 13.1. The van der Waals surface area contributed by atoms with Crippen LogP contribution in [0.5, 0.6) is 0 Å². The minimum atomic E-state index is -0.817. The maximum Gasteiger partial charge on any atom is 0.306 e. The molecule has 1 atom stereocenters. The van der Waals surface area contributed by atoms with E-state index in [2.05, 4.69) is 167 Å². The summed E-state index contributed by atoms with van der Waals surface area (Å²) in [5, 5.41) is 0. The highest BCUT2D eigenvalue weighted by Crippen LogP contribution is 2.15. The summed E-state index contributed by atoms with van der Waals surface area (Å²) < 4.78 is 16.9. The Morgan fingerprint density at radius 3 is 0.808 bits per heavy atom. The maximum absolute atomic E-state index is 12.9. The molecule has 0 heterocycles. The number of esters is 3. The molecule has 0 saturated heterocycles. The van der Waals surface area contributed by atoms with E-state index in [0.717, 1.165) is 141 Å². The number of allylic oxidation sites excluding steroid dienone is 24. The molecule has 0 aliphatic carbocycles. The van der Waals surface area contributed by atoms with E-state index >= 15 is 0 Å². The number of unbranched alkanes of at least 4 members (excludes halogenated alkanes) is 21. The summed E-state index contributed by atoms with van der Waals surface area (Å²) in [4.78, 5) is 38.3. The number of hydrogen-bond donors (Lipinski definition) is 0. The number of ether oxygens (including phenoxy) is 3. The minimum absolute atomic E-state index is 0.108. The zero-order valence-corrected chi connectivity index (χ0v) is 50.4. The average Bonchev–Trinajstić information content (AvgIpc) is 3.44. The Labute approximate surface area is 480 Å². The van der Waals surface area contributed by atoms with Crippen molar-refractivity contribution in [3.05, 3.63) is 146 Å². The van der Waals surface area contributed by atoms with Crippen LogP contribution in [0.3, 0.4) is 0 Å². The largest absolute Gasteiger partial charge is 0.462 e. The lowest BCUT2D eigenvalue weighted by atomic mass is 10.1. The van der Waals surface area contributed by atoms with Crippen molar-refractivity contribution < 1.29 is 28.6 Å². The monoisotopic (exact) mass is 1080 g/mol. The van der Waals surface area contributed by atoms with Crippen LogP contribution in [0.25, 0.3) is 0 Å². The molecule has 440 valence electrons. The van der Waals surface area contributed by atoms with Gasteiger partial charge in [0.1, 0.15) is 13.2 Å². The van der Waals surface area contributed by atoms with E-state index in [1.807, 2.05) is 0 Å². The van der Waals surface area contributed by atoms with E-state index in [1.54, 1.807) is 0 Å². The summed E-state index contributed by atoms with van der Waals surface area (Å²) >= 11 is 0. The zero-order chi connectivity index (χ0) is 56.4. The summed E-state index contributed by atoms with van der Waals surface area (Å²) in [5.41, 5.74) is 0. The van der Waals surface area contributed by atoms with E-state index in [-0.39, 0.29) is 37.5 Å². The molecule has 0 aromatic heterocycles. The van der Waals surface area contributed by atoms with Crippen molar-refractivity contribution in [2.24, 2.45) is 0 Å². The first-order valence-electron chi connectivity index (χ1n) is 31.8. The summed E-state index contributed by atoms with van der Waals surface area (Å²) in [6.45, 7) is 6.35. The Morgan fingerprint density at radius 2 is 0.500 bits per heavy atom. The first-order chi connectivity index (χ1) is 38.5. The second kappa shape index (κ2) is 64.8. The fourth-order valence-corrected chi connectivity index (χ4v) is 8.35. The van der Waals surface area contributed by atoms with E-state index < -0.39 is 6.10 Å². The van der Waals surface area contributed by atoms with Gasteiger partial charge in [-0.2, -0.15) is 0 Å². The van der Waals surface area contributed by atoms with Gasteiger partial charge < -0.3 is 14.2 Å². The molecule has 6 heteroatoms. The highest BCUT2D eigenvalue weighted by atomic mass is 16.6. The molecule has 0 spiro atoms. The van der Waals surface area contributed by atoms with Gasteiger partial charge in [0.2, 0.25) is 0 Å². The molecule has 0 amide bonds. The molecule has 0 bridgehead atoms. The van der Waals surface area contributed by atoms with Gasteiger partial charge in [-0.3, -0.25) is 14.4 Å². The molecule has 0 aliphatic heterocycles. The fourth-order valence-electron chi connectivity index (χ4n) is 8.35. The predicted octanol–water partition coefficient (Wildman–Crippen LogP) is 21.9. The highest BCUT2D eigenvalue weighted by molar-refractivity contribution is 5.71. The molecule has 0 aliphatic rings.